The van der Waals surface area contributed by atoms with Gasteiger partial charge in [-0.15, -0.1) is 0 Å². The van der Waals surface area contributed by atoms with Gasteiger partial charge in [-0.2, -0.15) is 6.54 Å². The Morgan fingerprint density at radius 1 is 0.833 bits per heavy atom. The van der Waals surface area contributed by atoms with Crippen LogP contribution in [-0.4, -0.2) is 13.1 Å². The summed E-state index contributed by atoms with van der Waals surface area (Å²) < 4.78 is 0. The molecule has 80 valence electrons. The number of nitrogens with one attached hydrogen (secondary N) is 1. The minimum atomic E-state index is 0. The van der Waals surface area contributed by atoms with Crippen LogP contribution in [0.25, 0.3) is 24.2 Å². The van der Waals surface area contributed by atoms with Crippen LogP contribution in [0.15, 0.2) is 0 Å². The van der Waals surface area contributed by atoms with Crippen LogP contribution < -0.4 is 5.73 Å². The summed E-state index contributed by atoms with van der Waals surface area (Å²) in [4.78, 5) is 0. The third kappa shape index (κ3) is 31.3. The van der Waals surface area contributed by atoms with Gasteiger partial charge in [0.05, 0.1) is 0 Å². The van der Waals surface area contributed by atoms with E-state index >= 15 is 0 Å². The van der Waals surface area contributed by atoms with Gasteiger partial charge in [0.2, 0.25) is 0 Å². The van der Waals surface area contributed by atoms with Crippen LogP contribution in [0.1, 0.15) is 25.7 Å². The van der Waals surface area contributed by atoms with Crippen molar-refractivity contribution in [1.82, 2.24) is 0 Å². The second kappa shape index (κ2) is 30.0. The fourth-order valence-corrected chi connectivity index (χ4v) is 0.623. The van der Waals surface area contributed by atoms with Gasteiger partial charge < -0.3 is 29.9 Å². The van der Waals surface area contributed by atoms with Crippen molar-refractivity contribution in [3.8, 4) is 0 Å². The van der Waals surface area contributed by atoms with Crippen LogP contribution in [0.5, 0.6) is 0 Å². The van der Waals surface area contributed by atoms with Crippen LogP contribution >= 0.6 is 0 Å². The fraction of sp³-hybridized carbons (Fsp3) is 1.00. The second-order valence-corrected chi connectivity index (χ2v) is 1.95. The SMILES string of the molecule is [NH-]CCCCCCN.[NH2-].[NH2-].[NH2-].[Pt+4]. The first-order valence-electron chi connectivity index (χ1n) is 3.26. The molecule has 0 atom stereocenters. The Balaban J connectivity index is -0.0000000408. The summed E-state index contributed by atoms with van der Waals surface area (Å²) in [5, 5.41) is 0. The fourth-order valence-electron chi connectivity index (χ4n) is 0.623. The maximum atomic E-state index is 6.81. The summed E-state index contributed by atoms with van der Waals surface area (Å²) in [6.07, 6.45) is 4.55. The van der Waals surface area contributed by atoms with E-state index in [1.165, 1.54) is 12.8 Å². The molecule has 0 rings (SSSR count). The van der Waals surface area contributed by atoms with Crippen molar-refractivity contribution in [1.29, 1.82) is 0 Å². The molecule has 0 fully saturated rings. The zero-order valence-electron chi connectivity index (χ0n) is 7.37. The molecular formula is C6H21N5Pt. The molecular weight excluding hydrogens is 337 g/mol. The van der Waals surface area contributed by atoms with Gasteiger partial charge in [-0.3, -0.25) is 0 Å². The van der Waals surface area contributed by atoms with Gasteiger partial charge >= 0.3 is 21.1 Å². The molecule has 0 unspecified atom stereocenters. The molecule has 0 aliphatic carbocycles. The van der Waals surface area contributed by atoms with Gasteiger partial charge in [0, 0.05) is 0 Å². The smallest absolute Gasteiger partial charge is 0.693 e. The molecule has 0 aliphatic rings. The first kappa shape index (κ1) is 29.4. The van der Waals surface area contributed by atoms with E-state index in [0.717, 1.165) is 19.4 Å². The molecule has 9 N–H and O–H groups in total. The summed E-state index contributed by atoms with van der Waals surface area (Å²) in [6.45, 7) is 1.38. The van der Waals surface area contributed by atoms with Gasteiger partial charge in [-0.05, 0) is 13.0 Å². The third-order valence-corrected chi connectivity index (χ3v) is 1.13. The minimum Gasteiger partial charge on any atom is -0.693 e. The van der Waals surface area contributed by atoms with E-state index < -0.39 is 0 Å². The normalized spacial score (nSPS) is 6.50. The van der Waals surface area contributed by atoms with E-state index in [9.17, 15) is 0 Å². The number of unbranched alkanes of at least 4 members (excludes halogenated alkanes) is 3. The number of rotatable bonds is 5. The minimum absolute atomic E-state index is 0. The molecule has 6 heteroatoms. The summed E-state index contributed by atoms with van der Waals surface area (Å²) in [7, 11) is 0. The average molecular weight is 358 g/mol. The number of nitrogens with two attached hydrogens (primary N) is 4. The van der Waals surface area contributed by atoms with Crippen molar-refractivity contribution in [2.45, 2.75) is 25.7 Å². The van der Waals surface area contributed by atoms with Gasteiger partial charge in [0.1, 0.15) is 0 Å². The van der Waals surface area contributed by atoms with Crippen molar-refractivity contribution in [2.75, 3.05) is 13.1 Å². The predicted molar refractivity (Wildman–Crippen MR) is 52.6 cm³/mol. The van der Waals surface area contributed by atoms with Crippen molar-refractivity contribution in [3.63, 3.8) is 0 Å². The van der Waals surface area contributed by atoms with E-state index in [1.807, 2.05) is 0 Å². The van der Waals surface area contributed by atoms with Crippen molar-refractivity contribution in [2.24, 2.45) is 5.73 Å². The van der Waals surface area contributed by atoms with E-state index in [2.05, 4.69) is 0 Å². The van der Waals surface area contributed by atoms with E-state index in [4.69, 9.17) is 11.5 Å². The second-order valence-electron chi connectivity index (χ2n) is 1.95. The number of hydrogen-bond donors (Lipinski definition) is 1. The molecule has 5 nitrogen and oxygen atoms in total. The first-order valence-corrected chi connectivity index (χ1v) is 3.26. The Bertz CT molecular complexity index is 40.9. The molecule has 0 bridgehead atoms. The monoisotopic (exact) mass is 358 g/mol. The first-order chi connectivity index (χ1) is 3.91. The van der Waals surface area contributed by atoms with Crippen molar-refractivity contribution < 1.29 is 21.1 Å². The van der Waals surface area contributed by atoms with Crippen LogP contribution in [-0.2, 0) is 21.1 Å². The molecule has 0 radical (unpaired) electrons. The summed E-state index contributed by atoms with van der Waals surface area (Å²) in [5.41, 5.74) is 12.1. The molecule has 0 aromatic heterocycles. The summed E-state index contributed by atoms with van der Waals surface area (Å²) in [6, 6.07) is 0. The zero-order valence-corrected chi connectivity index (χ0v) is 9.64. The number of hydrogen-bond acceptors (Lipinski definition) is 1. The van der Waals surface area contributed by atoms with E-state index in [-0.39, 0.29) is 39.5 Å². The molecule has 0 heterocycles. The molecule has 0 aliphatic heterocycles. The van der Waals surface area contributed by atoms with Crippen molar-refractivity contribution >= 4 is 0 Å². The van der Waals surface area contributed by atoms with Crippen LogP contribution in [0, 0.1) is 0 Å². The van der Waals surface area contributed by atoms with E-state index in [1.54, 1.807) is 0 Å². The Morgan fingerprint density at radius 3 is 1.58 bits per heavy atom. The Kier molecular flexibility index (Phi) is 73.5. The average Bonchev–Trinajstić information content (AvgIpc) is 1.81. The van der Waals surface area contributed by atoms with E-state index in [0.29, 0.717) is 6.54 Å². The Labute approximate surface area is 90.0 Å². The zero-order chi connectivity index (χ0) is 6.24. The molecule has 0 amide bonds. The molecule has 0 aromatic carbocycles. The Morgan fingerprint density at radius 2 is 1.25 bits per heavy atom. The molecule has 0 saturated heterocycles. The maximum Gasteiger partial charge on any atom is 4.00 e. The third-order valence-electron chi connectivity index (χ3n) is 1.13. The molecule has 0 aromatic rings. The van der Waals surface area contributed by atoms with Gasteiger partial charge in [0.15, 0.2) is 0 Å². The topological polar surface area (TPSA) is 150 Å². The summed E-state index contributed by atoms with van der Waals surface area (Å²) in [5.74, 6) is 0. The van der Waals surface area contributed by atoms with Crippen molar-refractivity contribution in [3.05, 3.63) is 24.2 Å². The quantitative estimate of drug-likeness (QED) is 0.732. The maximum absolute atomic E-state index is 6.81. The molecule has 0 saturated carbocycles. The van der Waals surface area contributed by atoms with Crippen LogP contribution in [0.4, 0.5) is 0 Å². The standard InChI is InChI=1S/C6H15N2.3H2N.Pt/c7-5-3-1-2-4-6-8;;;;/h7H,1-6,8H2;3*1H2;/q4*-1;+4. The predicted octanol–water partition coefficient (Wildman–Crippen LogP) is 3.71. The Hall–Kier alpha value is 0.488. The van der Waals surface area contributed by atoms with Crippen LogP contribution in [0.2, 0.25) is 0 Å². The molecule has 0 spiro atoms. The van der Waals surface area contributed by atoms with Crippen LogP contribution in [0.3, 0.4) is 0 Å². The van der Waals surface area contributed by atoms with Gasteiger partial charge in [-0.1, -0.05) is 19.3 Å². The largest absolute Gasteiger partial charge is 4.00 e. The summed E-state index contributed by atoms with van der Waals surface area (Å²) >= 11 is 0. The van der Waals surface area contributed by atoms with Gasteiger partial charge in [-0.25, -0.2) is 0 Å². The van der Waals surface area contributed by atoms with Gasteiger partial charge in [0.25, 0.3) is 0 Å². The molecule has 12 heavy (non-hydrogen) atoms.